The van der Waals surface area contributed by atoms with Gasteiger partial charge in [0.15, 0.2) is 0 Å². The van der Waals surface area contributed by atoms with Crippen molar-refractivity contribution in [2.75, 3.05) is 0 Å². The molecule has 2 aromatic rings. The summed E-state index contributed by atoms with van der Waals surface area (Å²) in [5, 5.41) is 7.38. The molecule has 0 atom stereocenters. The molecule has 0 bridgehead atoms. The van der Waals surface area contributed by atoms with Crippen LogP contribution < -0.4 is 0 Å². The van der Waals surface area contributed by atoms with Gasteiger partial charge in [-0.15, -0.1) is 0 Å². The van der Waals surface area contributed by atoms with E-state index < -0.39 is 0 Å². The molecule has 10 heavy (non-hydrogen) atoms. The lowest BCUT2D eigenvalue weighted by atomic mass is 10.6. The molecule has 0 radical (unpaired) electrons. The Morgan fingerprint density at radius 1 is 1.50 bits per heavy atom. The molecule has 50 valence electrons. The zero-order valence-electron chi connectivity index (χ0n) is 5.01. The molecular formula is C5H4N4O. The van der Waals surface area contributed by atoms with Crippen LogP contribution in [-0.2, 0) is 0 Å². The minimum Gasteiger partial charge on any atom is -0.362 e. The van der Waals surface area contributed by atoms with Gasteiger partial charge in [0.1, 0.15) is 24.6 Å². The van der Waals surface area contributed by atoms with Gasteiger partial charge >= 0.3 is 0 Å². The van der Waals surface area contributed by atoms with Gasteiger partial charge in [0.05, 0.1) is 6.20 Å². The third-order valence-corrected chi connectivity index (χ3v) is 1.10. The highest BCUT2D eigenvalue weighted by Crippen LogP contribution is 2.00. The highest BCUT2D eigenvalue weighted by Gasteiger charge is 1.96. The van der Waals surface area contributed by atoms with E-state index in [0.717, 1.165) is 5.69 Å². The smallest absolute Gasteiger partial charge is 0.149 e. The van der Waals surface area contributed by atoms with Crippen LogP contribution in [0.4, 0.5) is 0 Å². The van der Waals surface area contributed by atoms with E-state index in [1.807, 2.05) is 0 Å². The van der Waals surface area contributed by atoms with Crippen molar-refractivity contribution in [3.63, 3.8) is 0 Å². The van der Waals surface area contributed by atoms with E-state index in [4.69, 9.17) is 0 Å². The van der Waals surface area contributed by atoms with Gasteiger partial charge in [0.25, 0.3) is 0 Å². The minimum atomic E-state index is 0.775. The molecule has 0 aliphatic rings. The number of hydrogen-bond acceptors (Lipinski definition) is 4. The van der Waals surface area contributed by atoms with Crippen LogP contribution in [0.3, 0.4) is 0 Å². The van der Waals surface area contributed by atoms with E-state index in [9.17, 15) is 0 Å². The summed E-state index contributed by atoms with van der Waals surface area (Å²) in [6.07, 6.45) is 6.09. The van der Waals surface area contributed by atoms with E-state index in [-0.39, 0.29) is 0 Å². The first kappa shape index (κ1) is 5.16. The van der Waals surface area contributed by atoms with Crippen molar-refractivity contribution >= 4 is 0 Å². The quantitative estimate of drug-likeness (QED) is 0.564. The van der Waals surface area contributed by atoms with Crippen LogP contribution in [0.25, 0.3) is 5.69 Å². The summed E-state index contributed by atoms with van der Waals surface area (Å²) in [5.41, 5.74) is 0.775. The normalized spacial score (nSPS) is 10.0. The summed E-state index contributed by atoms with van der Waals surface area (Å²) in [7, 11) is 0. The van der Waals surface area contributed by atoms with Crippen LogP contribution in [0.2, 0.25) is 0 Å². The zero-order valence-corrected chi connectivity index (χ0v) is 5.01. The van der Waals surface area contributed by atoms with E-state index >= 15 is 0 Å². The molecule has 0 amide bonds. The monoisotopic (exact) mass is 136 g/mol. The highest BCUT2D eigenvalue weighted by atomic mass is 16.5. The molecule has 2 heterocycles. The van der Waals surface area contributed by atoms with E-state index in [1.54, 1.807) is 17.2 Å². The first-order valence-corrected chi connectivity index (χ1v) is 2.71. The van der Waals surface area contributed by atoms with Gasteiger partial charge in [0.2, 0.25) is 0 Å². The van der Waals surface area contributed by atoms with Gasteiger partial charge in [-0.2, -0.15) is 5.10 Å². The van der Waals surface area contributed by atoms with Crippen LogP contribution in [0.5, 0.6) is 0 Å². The molecule has 0 aliphatic heterocycles. The fraction of sp³-hybridized carbons (Fsp3) is 0. The summed E-state index contributed by atoms with van der Waals surface area (Å²) in [6, 6.07) is 0. The molecule has 0 fully saturated rings. The minimum absolute atomic E-state index is 0.775. The van der Waals surface area contributed by atoms with Crippen LogP contribution in [0.15, 0.2) is 29.6 Å². The molecule has 0 saturated carbocycles. The Morgan fingerprint density at radius 2 is 2.50 bits per heavy atom. The molecule has 2 aromatic heterocycles. The van der Waals surface area contributed by atoms with Crippen molar-refractivity contribution in [3.8, 4) is 5.69 Å². The molecular weight excluding hydrogens is 132 g/mol. The molecule has 5 nitrogen and oxygen atoms in total. The first-order chi connectivity index (χ1) is 4.97. The molecule has 0 N–H and O–H groups in total. The molecule has 0 unspecified atom stereocenters. The van der Waals surface area contributed by atoms with Crippen molar-refractivity contribution in [1.82, 2.24) is 19.9 Å². The van der Waals surface area contributed by atoms with Crippen LogP contribution in [-0.4, -0.2) is 19.9 Å². The summed E-state index contributed by atoms with van der Waals surface area (Å²) >= 11 is 0. The zero-order chi connectivity index (χ0) is 6.81. The summed E-state index contributed by atoms with van der Waals surface area (Å²) in [5.74, 6) is 0. The summed E-state index contributed by atoms with van der Waals surface area (Å²) in [4.78, 5) is 3.76. The number of aromatic nitrogens is 4. The molecule has 0 saturated heterocycles. The predicted octanol–water partition coefficient (Wildman–Crippen LogP) is 0.255. The maximum absolute atomic E-state index is 4.60. The Kier molecular flexibility index (Phi) is 1.00. The number of hydrogen-bond donors (Lipinski definition) is 0. The fourth-order valence-electron chi connectivity index (χ4n) is 0.654. The van der Waals surface area contributed by atoms with E-state index in [1.165, 1.54) is 12.6 Å². The van der Waals surface area contributed by atoms with Gasteiger partial charge in [-0.25, -0.2) is 9.67 Å². The van der Waals surface area contributed by atoms with Gasteiger partial charge in [-0.1, -0.05) is 5.16 Å². The van der Waals surface area contributed by atoms with Crippen molar-refractivity contribution in [2.45, 2.75) is 0 Å². The van der Waals surface area contributed by atoms with Crippen LogP contribution in [0, 0.1) is 0 Å². The maximum Gasteiger partial charge on any atom is 0.149 e. The second kappa shape index (κ2) is 1.94. The van der Waals surface area contributed by atoms with Gasteiger partial charge < -0.3 is 4.52 Å². The largest absolute Gasteiger partial charge is 0.362 e. The molecule has 0 spiro atoms. The summed E-state index contributed by atoms with van der Waals surface area (Å²) < 4.78 is 6.17. The Morgan fingerprint density at radius 3 is 3.10 bits per heavy atom. The van der Waals surface area contributed by atoms with Crippen molar-refractivity contribution in [1.29, 1.82) is 0 Å². The predicted molar refractivity (Wildman–Crippen MR) is 31.4 cm³/mol. The second-order valence-electron chi connectivity index (χ2n) is 1.72. The Labute approximate surface area is 56.3 Å². The van der Waals surface area contributed by atoms with Crippen molar-refractivity contribution in [3.05, 3.63) is 25.1 Å². The first-order valence-electron chi connectivity index (χ1n) is 2.71. The topological polar surface area (TPSA) is 56.7 Å². The standard InChI is InChI=1S/C5H4N4O/c1-5(2-10-8-1)9-4-6-3-7-9/h1-4H. The van der Waals surface area contributed by atoms with Crippen molar-refractivity contribution < 1.29 is 4.52 Å². The highest BCUT2D eigenvalue weighted by molar-refractivity contribution is 5.19. The molecule has 0 aliphatic carbocycles. The SMILES string of the molecule is c1ncn(-c2cnoc2)n1. The third kappa shape index (κ3) is 0.680. The van der Waals surface area contributed by atoms with Gasteiger partial charge in [-0.3, -0.25) is 0 Å². The Hall–Kier alpha value is -1.65. The van der Waals surface area contributed by atoms with E-state index in [2.05, 4.69) is 19.8 Å². The lowest BCUT2D eigenvalue weighted by Gasteiger charge is -1.87. The van der Waals surface area contributed by atoms with Crippen LogP contribution in [0.1, 0.15) is 0 Å². The average molecular weight is 136 g/mol. The average Bonchev–Trinajstić information content (AvgIpc) is 2.59. The van der Waals surface area contributed by atoms with Gasteiger partial charge in [0, 0.05) is 0 Å². The Bertz CT molecular complexity index is 253. The molecule has 2 rings (SSSR count). The van der Waals surface area contributed by atoms with E-state index in [0.29, 0.717) is 0 Å². The summed E-state index contributed by atoms with van der Waals surface area (Å²) in [6.45, 7) is 0. The van der Waals surface area contributed by atoms with Gasteiger partial charge in [-0.05, 0) is 0 Å². The number of rotatable bonds is 1. The fourth-order valence-corrected chi connectivity index (χ4v) is 0.654. The Balaban J connectivity index is 2.48. The third-order valence-electron chi connectivity index (χ3n) is 1.10. The molecule has 0 aromatic carbocycles. The van der Waals surface area contributed by atoms with Crippen molar-refractivity contribution in [2.24, 2.45) is 0 Å². The lowest BCUT2D eigenvalue weighted by molar-refractivity contribution is 0.419. The van der Waals surface area contributed by atoms with Crippen LogP contribution >= 0.6 is 0 Å². The number of nitrogens with zero attached hydrogens (tertiary/aromatic N) is 4. The lowest BCUT2D eigenvalue weighted by Crippen LogP contribution is -1.90. The second-order valence-corrected chi connectivity index (χ2v) is 1.72. The maximum atomic E-state index is 4.60. The molecule has 5 heteroatoms.